The van der Waals surface area contributed by atoms with Crippen molar-refractivity contribution < 1.29 is 9.59 Å². The van der Waals surface area contributed by atoms with Crippen molar-refractivity contribution in [3.05, 3.63) is 35.4 Å². The summed E-state index contributed by atoms with van der Waals surface area (Å²) in [4.78, 5) is 23.5. The quantitative estimate of drug-likeness (QED) is 0.897. The van der Waals surface area contributed by atoms with Crippen LogP contribution in [-0.2, 0) is 0 Å². The number of carbonyl (C=O) groups is 2. The second-order valence-electron chi connectivity index (χ2n) is 8.04. The predicted octanol–water partition coefficient (Wildman–Crippen LogP) is 2.73. The Balaban J connectivity index is 1.41. The van der Waals surface area contributed by atoms with Gasteiger partial charge in [0.25, 0.3) is 5.91 Å². The molecule has 0 aliphatic heterocycles. The maximum Gasteiger partial charge on any atom is 0.251 e. The summed E-state index contributed by atoms with van der Waals surface area (Å²) in [7, 11) is 0. The number of nitrogens with one attached hydrogen (secondary N) is 1. The monoisotopic (exact) mass is 312 g/mol. The molecule has 1 aromatic rings. The third-order valence-electron chi connectivity index (χ3n) is 6.22. The molecule has 0 unspecified atom stereocenters. The molecule has 0 aromatic heterocycles. The Morgan fingerprint density at radius 3 is 1.91 bits per heavy atom. The molecule has 0 atom stereocenters. The largest absolute Gasteiger partial charge is 0.366 e. The van der Waals surface area contributed by atoms with Gasteiger partial charge in [-0.05, 0) is 86.0 Å². The molecule has 5 rings (SSSR count). The summed E-state index contributed by atoms with van der Waals surface area (Å²) < 4.78 is 0. The van der Waals surface area contributed by atoms with Crippen molar-refractivity contribution in [3.8, 4) is 0 Å². The minimum Gasteiger partial charge on any atom is -0.366 e. The van der Waals surface area contributed by atoms with Gasteiger partial charge >= 0.3 is 0 Å². The molecule has 4 bridgehead atoms. The van der Waals surface area contributed by atoms with E-state index in [1.165, 1.54) is 38.5 Å². The topological polar surface area (TPSA) is 72.2 Å². The standard InChI is InChI=1S/C19H24N2O2/c20-17(22)15-1-3-16(4-2-15)18(23)21-11-19-8-12-5-13(9-19)7-14(6-12)10-19/h1-4,12-14H,5-11H2,(H2,20,22)(H,21,23). The van der Waals surface area contributed by atoms with E-state index in [2.05, 4.69) is 5.32 Å². The molecule has 4 saturated carbocycles. The van der Waals surface area contributed by atoms with Gasteiger partial charge in [-0.25, -0.2) is 0 Å². The number of hydrogen-bond donors (Lipinski definition) is 2. The number of rotatable bonds is 4. The molecule has 0 saturated heterocycles. The van der Waals surface area contributed by atoms with Crippen LogP contribution in [0.25, 0.3) is 0 Å². The Hall–Kier alpha value is -1.84. The van der Waals surface area contributed by atoms with Gasteiger partial charge < -0.3 is 11.1 Å². The van der Waals surface area contributed by atoms with Crippen molar-refractivity contribution >= 4 is 11.8 Å². The van der Waals surface area contributed by atoms with Gasteiger partial charge in [0.1, 0.15) is 0 Å². The minimum absolute atomic E-state index is 0.0447. The van der Waals surface area contributed by atoms with E-state index in [4.69, 9.17) is 5.73 Å². The van der Waals surface area contributed by atoms with Crippen LogP contribution in [0.15, 0.2) is 24.3 Å². The summed E-state index contributed by atoms with van der Waals surface area (Å²) in [6, 6.07) is 6.58. The van der Waals surface area contributed by atoms with E-state index in [0.29, 0.717) is 16.5 Å². The lowest BCUT2D eigenvalue weighted by molar-refractivity contribution is -0.0503. The first-order chi connectivity index (χ1) is 11.0. The molecule has 3 N–H and O–H groups in total. The van der Waals surface area contributed by atoms with E-state index < -0.39 is 5.91 Å². The van der Waals surface area contributed by atoms with E-state index in [9.17, 15) is 9.59 Å². The van der Waals surface area contributed by atoms with Crippen molar-refractivity contribution in [2.75, 3.05) is 6.54 Å². The lowest BCUT2D eigenvalue weighted by Crippen LogP contribution is -2.51. The van der Waals surface area contributed by atoms with Crippen molar-refractivity contribution in [1.29, 1.82) is 0 Å². The fourth-order valence-corrected chi connectivity index (χ4v) is 5.66. The first-order valence-corrected chi connectivity index (χ1v) is 8.71. The van der Waals surface area contributed by atoms with Crippen molar-refractivity contribution in [2.45, 2.75) is 38.5 Å². The van der Waals surface area contributed by atoms with Gasteiger partial charge in [0.15, 0.2) is 0 Å². The maximum atomic E-state index is 12.4. The molecule has 4 aliphatic carbocycles. The molecule has 0 radical (unpaired) electrons. The van der Waals surface area contributed by atoms with E-state index in [1.54, 1.807) is 24.3 Å². The van der Waals surface area contributed by atoms with E-state index in [1.807, 2.05) is 0 Å². The zero-order chi connectivity index (χ0) is 16.0. The number of carbonyl (C=O) groups excluding carboxylic acids is 2. The molecule has 4 heteroatoms. The molecule has 0 heterocycles. The van der Waals surface area contributed by atoms with Gasteiger partial charge in [0, 0.05) is 17.7 Å². The molecule has 23 heavy (non-hydrogen) atoms. The molecule has 4 nitrogen and oxygen atoms in total. The Labute approximate surface area is 136 Å². The van der Waals surface area contributed by atoms with Crippen molar-refractivity contribution in [1.82, 2.24) is 5.32 Å². The second kappa shape index (κ2) is 5.36. The highest BCUT2D eigenvalue weighted by atomic mass is 16.2. The van der Waals surface area contributed by atoms with Crippen LogP contribution in [0, 0.1) is 23.2 Å². The number of benzene rings is 1. The van der Waals surface area contributed by atoms with Gasteiger partial charge in [-0.1, -0.05) is 0 Å². The Morgan fingerprint density at radius 2 is 1.43 bits per heavy atom. The second-order valence-corrected chi connectivity index (χ2v) is 8.04. The van der Waals surface area contributed by atoms with Crippen molar-refractivity contribution in [3.63, 3.8) is 0 Å². The Kier molecular flexibility index (Phi) is 3.43. The summed E-state index contributed by atoms with van der Waals surface area (Å²) in [5.41, 5.74) is 6.60. The fourth-order valence-electron chi connectivity index (χ4n) is 5.66. The molecule has 2 amide bonds. The lowest BCUT2D eigenvalue weighted by Gasteiger charge is -2.56. The van der Waals surface area contributed by atoms with E-state index in [-0.39, 0.29) is 5.91 Å². The molecule has 4 aliphatic rings. The summed E-state index contributed by atoms with van der Waals surface area (Å²) in [5.74, 6) is 2.18. The maximum absolute atomic E-state index is 12.4. The van der Waals surface area contributed by atoms with Crippen LogP contribution in [0.1, 0.15) is 59.2 Å². The highest BCUT2D eigenvalue weighted by Gasteiger charge is 2.50. The predicted molar refractivity (Wildman–Crippen MR) is 87.9 cm³/mol. The van der Waals surface area contributed by atoms with Crippen LogP contribution in [0.4, 0.5) is 0 Å². The number of hydrogen-bond acceptors (Lipinski definition) is 2. The van der Waals surface area contributed by atoms with Crippen LogP contribution >= 0.6 is 0 Å². The molecule has 4 fully saturated rings. The average molecular weight is 312 g/mol. The third-order valence-corrected chi connectivity index (χ3v) is 6.22. The van der Waals surface area contributed by atoms with Crippen LogP contribution in [-0.4, -0.2) is 18.4 Å². The summed E-state index contributed by atoms with van der Waals surface area (Å²) in [6.07, 6.45) is 8.13. The lowest BCUT2D eigenvalue weighted by atomic mass is 9.49. The number of amides is 2. The first-order valence-electron chi connectivity index (χ1n) is 8.71. The molecule has 1 aromatic carbocycles. The average Bonchev–Trinajstić information content (AvgIpc) is 2.51. The summed E-state index contributed by atoms with van der Waals surface area (Å²) in [5, 5.41) is 3.15. The van der Waals surface area contributed by atoms with Gasteiger partial charge in [-0.3, -0.25) is 9.59 Å². The summed E-state index contributed by atoms with van der Waals surface area (Å²) >= 11 is 0. The van der Waals surface area contributed by atoms with Gasteiger partial charge in [0.05, 0.1) is 0 Å². The van der Waals surface area contributed by atoms with Crippen LogP contribution in [0.5, 0.6) is 0 Å². The Bertz CT molecular complexity index is 600. The zero-order valence-corrected chi connectivity index (χ0v) is 13.4. The highest BCUT2D eigenvalue weighted by Crippen LogP contribution is 2.59. The van der Waals surface area contributed by atoms with Gasteiger partial charge in [-0.2, -0.15) is 0 Å². The smallest absolute Gasteiger partial charge is 0.251 e. The highest BCUT2D eigenvalue weighted by molar-refractivity contribution is 5.97. The Morgan fingerprint density at radius 1 is 0.957 bits per heavy atom. The zero-order valence-electron chi connectivity index (χ0n) is 13.4. The fraction of sp³-hybridized carbons (Fsp3) is 0.579. The van der Waals surface area contributed by atoms with Crippen molar-refractivity contribution in [2.24, 2.45) is 28.9 Å². The number of primary amides is 1. The summed E-state index contributed by atoms with van der Waals surface area (Å²) in [6.45, 7) is 0.799. The normalized spacial score (nSPS) is 34.3. The van der Waals surface area contributed by atoms with Gasteiger partial charge in [0.2, 0.25) is 5.91 Å². The van der Waals surface area contributed by atoms with Crippen LogP contribution in [0.2, 0.25) is 0 Å². The SMILES string of the molecule is NC(=O)c1ccc(C(=O)NCC23CC4CC(CC(C4)C2)C3)cc1. The first kappa shape index (κ1) is 14.7. The van der Waals surface area contributed by atoms with Crippen LogP contribution < -0.4 is 11.1 Å². The van der Waals surface area contributed by atoms with Gasteiger partial charge in [-0.15, -0.1) is 0 Å². The number of nitrogens with two attached hydrogens (primary N) is 1. The molecular weight excluding hydrogens is 288 g/mol. The third kappa shape index (κ3) is 2.75. The van der Waals surface area contributed by atoms with E-state index in [0.717, 1.165) is 24.3 Å². The van der Waals surface area contributed by atoms with E-state index >= 15 is 0 Å². The molecular formula is C19H24N2O2. The van der Waals surface area contributed by atoms with Crippen LogP contribution in [0.3, 0.4) is 0 Å². The molecule has 122 valence electrons. The minimum atomic E-state index is -0.467. The molecule has 0 spiro atoms.